The maximum absolute atomic E-state index is 13.4. The number of aliphatic hydroxyl groups is 1. The molecule has 0 bridgehead atoms. The summed E-state index contributed by atoms with van der Waals surface area (Å²) in [6.07, 6.45) is -0.424. The van der Waals surface area contributed by atoms with E-state index >= 15 is 0 Å². The molecule has 3 aromatic carbocycles. The second-order valence-corrected chi connectivity index (χ2v) is 11.3. The number of rotatable bonds is 7. The standard InChI is InChI=1S/C32H41N5O5/c1-20(2)33-31(40)34-25-13-14-28-24(15-25)16-30(39)37(22(4)19-38)17-21(3)29(42-28)18-36(5)32(41)35-27-12-8-10-23-9-6-7-11-26(23)27/h6-15,20-22,29,38H,16-19H2,1-5H3,(H,35,41)(H2,33,34,40)/t21-,22+,29-/m0/s1. The number of ether oxygens (including phenoxy) is 1. The number of amides is 5. The van der Waals surface area contributed by atoms with Crippen LogP contribution < -0.4 is 20.7 Å². The van der Waals surface area contributed by atoms with Gasteiger partial charge in [0.15, 0.2) is 0 Å². The number of hydrogen-bond acceptors (Lipinski definition) is 5. The van der Waals surface area contributed by atoms with Crippen LogP contribution in [0.3, 0.4) is 0 Å². The first-order valence-electron chi connectivity index (χ1n) is 14.3. The van der Waals surface area contributed by atoms with Crippen LogP contribution in [0.1, 0.15) is 33.3 Å². The minimum Gasteiger partial charge on any atom is -0.488 e. The molecule has 10 heteroatoms. The van der Waals surface area contributed by atoms with Crippen molar-refractivity contribution in [3.8, 4) is 5.75 Å². The van der Waals surface area contributed by atoms with Crippen molar-refractivity contribution in [2.45, 2.75) is 52.3 Å². The summed E-state index contributed by atoms with van der Waals surface area (Å²) in [5.74, 6) is 0.187. The van der Waals surface area contributed by atoms with Crippen LogP contribution in [-0.2, 0) is 11.2 Å². The molecule has 0 fully saturated rings. The Labute approximate surface area is 247 Å². The van der Waals surface area contributed by atoms with Gasteiger partial charge in [0.1, 0.15) is 11.9 Å². The number of hydrogen-bond donors (Lipinski definition) is 4. The number of likely N-dealkylation sites (N-methyl/N-ethyl adjacent to an activating group) is 1. The van der Waals surface area contributed by atoms with E-state index < -0.39 is 12.1 Å². The number of benzene rings is 3. The molecule has 3 aromatic rings. The Morgan fingerprint density at radius 2 is 1.81 bits per heavy atom. The number of carbonyl (C=O) groups is 3. The van der Waals surface area contributed by atoms with Gasteiger partial charge in [-0.25, -0.2) is 9.59 Å². The summed E-state index contributed by atoms with van der Waals surface area (Å²) < 4.78 is 6.51. The first-order chi connectivity index (χ1) is 20.0. The van der Waals surface area contributed by atoms with Crippen molar-refractivity contribution >= 4 is 40.1 Å². The van der Waals surface area contributed by atoms with E-state index in [0.29, 0.717) is 29.2 Å². The van der Waals surface area contributed by atoms with Gasteiger partial charge in [0.05, 0.1) is 31.3 Å². The first kappa shape index (κ1) is 30.6. The molecule has 0 saturated carbocycles. The highest BCUT2D eigenvalue weighted by Crippen LogP contribution is 2.29. The molecule has 1 heterocycles. The Hall–Kier alpha value is -4.31. The highest BCUT2D eigenvalue weighted by molar-refractivity contribution is 6.01. The Balaban J connectivity index is 1.58. The minimum absolute atomic E-state index is 0.0339. The van der Waals surface area contributed by atoms with Crippen molar-refractivity contribution in [2.24, 2.45) is 5.92 Å². The fourth-order valence-corrected chi connectivity index (χ4v) is 5.05. The normalized spacial score (nSPS) is 17.8. The Morgan fingerprint density at radius 3 is 2.55 bits per heavy atom. The summed E-state index contributed by atoms with van der Waals surface area (Å²) in [5.41, 5.74) is 1.86. The lowest BCUT2D eigenvalue weighted by atomic mass is 10.0. The lowest BCUT2D eigenvalue weighted by Gasteiger charge is -2.34. The number of aliphatic hydroxyl groups excluding tert-OH is 1. The van der Waals surface area contributed by atoms with Gasteiger partial charge in [0.2, 0.25) is 5.91 Å². The monoisotopic (exact) mass is 575 g/mol. The largest absolute Gasteiger partial charge is 0.488 e. The van der Waals surface area contributed by atoms with Crippen LogP contribution in [0.5, 0.6) is 5.75 Å². The Kier molecular flexibility index (Phi) is 9.90. The highest BCUT2D eigenvalue weighted by Gasteiger charge is 2.32. The van der Waals surface area contributed by atoms with E-state index in [1.54, 1.807) is 42.0 Å². The molecule has 0 spiro atoms. The zero-order valence-electron chi connectivity index (χ0n) is 24.9. The van der Waals surface area contributed by atoms with Crippen molar-refractivity contribution < 1.29 is 24.2 Å². The van der Waals surface area contributed by atoms with Gasteiger partial charge in [-0.05, 0) is 50.4 Å². The number of carbonyl (C=O) groups excluding carboxylic acids is 3. The third-order valence-corrected chi connectivity index (χ3v) is 7.43. The molecule has 224 valence electrons. The molecule has 3 atom stereocenters. The number of nitrogens with zero attached hydrogens (tertiary/aromatic N) is 2. The van der Waals surface area contributed by atoms with Gasteiger partial charge in [-0.3, -0.25) is 4.79 Å². The van der Waals surface area contributed by atoms with Crippen molar-refractivity contribution in [3.63, 3.8) is 0 Å². The molecule has 4 rings (SSSR count). The number of urea groups is 2. The molecule has 0 radical (unpaired) electrons. The minimum atomic E-state index is -0.464. The summed E-state index contributed by atoms with van der Waals surface area (Å²) in [5, 5.41) is 20.5. The van der Waals surface area contributed by atoms with Crippen molar-refractivity contribution in [1.82, 2.24) is 15.1 Å². The van der Waals surface area contributed by atoms with Crippen LogP contribution in [0.25, 0.3) is 10.8 Å². The van der Waals surface area contributed by atoms with Crippen molar-refractivity contribution in [1.29, 1.82) is 0 Å². The first-order valence-corrected chi connectivity index (χ1v) is 14.3. The number of anilines is 2. The van der Waals surface area contributed by atoms with Crippen LogP contribution in [0.4, 0.5) is 21.0 Å². The molecule has 0 unspecified atom stereocenters. The van der Waals surface area contributed by atoms with E-state index in [1.807, 2.05) is 63.2 Å². The van der Waals surface area contributed by atoms with Gasteiger partial charge < -0.3 is 35.6 Å². The van der Waals surface area contributed by atoms with Crippen LogP contribution in [-0.4, -0.2) is 77.8 Å². The van der Waals surface area contributed by atoms with Gasteiger partial charge in [-0.2, -0.15) is 0 Å². The second-order valence-electron chi connectivity index (χ2n) is 11.3. The molecular weight excluding hydrogens is 534 g/mol. The van der Waals surface area contributed by atoms with Gasteiger partial charge in [0, 0.05) is 42.2 Å². The fourth-order valence-electron chi connectivity index (χ4n) is 5.05. The van der Waals surface area contributed by atoms with Crippen LogP contribution in [0, 0.1) is 5.92 Å². The third kappa shape index (κ3) is 7.50. The molecule has 5 amide bonds. The maximum atomic E-state index is 13.4. The third-order valence-electron chi connectivity index (χ3n) is 7.43. The van der Waals surface area contributed by atoms with Gasteiger partial charge in [-0.1, -0.05) is 43.3 Å². The van der Waals surface area contributed by atoms with Gasteiger partial charge >= 0.3 is 12.1 Å². The SMILES string of the molecule is CC(C)NC(=O)Nc1ccc2c(c1)CC(=O)N([C@H](C)CO)C[C@H](C)[C@H](CN(C)C(=O)Nc1cccc3ccccc13)O2. The second kappa shape index (κ2) is 13.6. The lowest BCUT2D eigenvalue weighted by Crippen LogP contribution is -2.48. The maximum Gasteiger partial charge on any atom is 0.321 e. The molecule has 1 aliphatic rings. The number of nitrogens with one attached hydrogen (secondary N) is 3. The molecule has 0 aromatic heterocycles. The molecule has 1 aliphatic heterocycles. The quantitative estimate of drug-likeness (QED) is 0.326. The van der Waals surface area contributed by atoms with Crippen molar-refractivity contribution in [2.75, 3.05) is 37.4 Å². The van der Waals surface area contributed by atoms with Gasteiger partial charge in [-0.15, -0.1) is 0 Å². The van der Waals surface area contributed by atoms with Crippen molar-refractivity contribution in [3.05, 3.63) is 66.2 Å². The fraction of sp³-hybridized carbons (Fsp3) is 0.406. The zero-order valence-corrected chi connectivity index (χ0v) is 24.9. The topological polar surface area (TPSA) is 123 Å². The Bertz CT molecular complexity index is 1420. The summed E-state index contributed by atoms with van der Waals surface area (Å²) in [7, 11) is 1.71. The molecule has 10 nitrogen and oxygen atoms in total. The molecule has 0 saturated heterocycles. The van der Waals surface area contributed by atoms with Crippen LogP contribution in [0.15, 0.2) is 60.7 Å². The van der Waals surface area contributed by atoms with E-state index in [-0.39, 0.29) is 49.5 Å². The van der Waals surface area contributed by atoms with Gasteiger partial charge in [0.25, 0.3) is 0 Å². The molecule has 0 aliphatic carbocycles. The highest BCUT2D eigenvalue weighted by atomic mass is 16.5. The molecule has 42 heavy (non-hydrogen) atoms. The van der Waals surface area contributed by atoms with Crippen LogP contribution in [0.2, 0.25) is 0 Å². The Morgan fingerprint density at radius 1 is 1.07 bits per heavy atom. The summed E-state index contributed by atoms with van der Waals surface area (Å²) in [4.78, 5) is 42.3. The van der Waals surface area contributed by atoms with E-state index in [1.165, 1.54) is 0 Å². The van der Waals surface area contributed by atoms with E-state index in [0.717, 1.165) is 10.8 Å². The summed E-state index contributed by atoms with van der Waals surface area (Å²) in [6, 6.07) is 17.8. The summed E-state index contributed by atoms with van der Waals surface area (Å²) >= 11 is 0. The molecule has 4 N–H and O–H groups in total. The predicted molar refractivity (Wildman–Crippen MR) is 165 cm³/mol. The smallest absolute Gasteiger partial charge is 0.321 e. The average molecular weight is 576 g/mol. The predicted octanol–water partition coefficient (Wildman–Crippen LogP) is 4.68. The van der Waals surface area contributed by atoms with E-state index in [2.05, 4.69) is 16.0 Å². The van der Waals surface area contributed by atoms with Crippen LogP contribution >= 0.6 is 0 Å². The zero-order chi connectivity index (χ0) is 30.4. The van der Waals surface area contributed by atoms with E-state index in [9.17, 15) is 19.5 Å². The average Bonchev–Trinajstić information content (AvgIpc) is 2.99. The molecular formula is C32H41N5O5. The summed E-state index contributed by atoms with van der Waals surface area (Å²) in [6.45, 7) is 7.94. The number of fused-ring (bicyclic) bond motifs is 2. The lowest BCUT2D eigenvalue weighted by molar-refractivity contribution is -0.134. The van der Waals surface area contributed by atoms with E-state index in [4.69, 9.17) is 4.74 Å².